The van der Waals surface area contributed by atoms with Crippen LogP contribution in [-0.2, 0) is 19.1 Å². The van der Waals surface area contributed by atoms with Gasteiger partial charge in [0.2, 0.25) is 0 Å². The summed E-state index contributed by atoms with van der Waals surface area (Å²) in [7, 11) is 0. The lowest BCUT2D eigenvalue weighted by molar-refractivity contribution is -0.137. The molecule has 36 heavy (non-hydrogen) atoms. The maximum absolute atomic E-state index is 13.2. The molecule has 1 saturated carbocycles. The Morgan fingerprint density at radius 1 is 1.14 bits per heavy atom. The monoisotopic (exact) mass is 511 g/mol. The first-order valence-corrected chi connectivity index (χ1v) is 12.5. The molecule has 0 spiro atoms. The largest absolute Gasteiger partial charge is 0.416 e. The van der Waals surface area contributed by atoms with Crippen molar-refractivity contribution in [1.82, 2.24) is 14.5 Å². The zero-order valence-electron chi connectivity index (χ0n) is 19.8. The molecule has 1 heterocycles. The van der Waals surface area contributed by atoms with Crippen LogP contribution in [0.1, 0.15) is 54.5 Å². The fourth-order valence-corrected chi connectivity index (χ4v) is 4.98. The third-order valence-corrected chi connectivity index (χ3v) is 6.90. The zero-order valence-corrected chi connectivity index (χ0v) is 20.7. The Bertz CT molecular complexity index is 1210. The van der Waals surface area contributed by atoms with Crippen molar-refractivity contribution in [3.8, 4) is 6.07 Å². The van der Waals surface area contributed by atoms with E-state index in [0.717, 1.165) is 49.1 Å². The second-order valence-corrected chi connectivity index (χ2v) is 9.45. The highest BCUT2D eigenvalue weighted by Crippen LogP contribution is 2.31. The summed E-state index contributed by atoms with van der Waals surface area (Å²) in [6.45, 7) is 1.27. The van der Waals surface area contributed by atoms with Gasteiger partial charge in [-0.3, -0.25) is 0 Å². The summed E-state index contributed by atoms with van der Waals surface area (Å²) >= 11 is 5.72. The molecule has 1 aromatic heterocycles. The minimum Gasteiger partial charge on any atom is -0.346 e. The quantitative estimate of drug-likeness (QED) is 0.372. The van der Waals surface area contributed by atoms with Crippen molar-refractivity contribution in [1.29, 1.82) is 5.26 Å². The molecule has 188 valence electrons. The van der Waals surface area contributed by atoms with E-state index in [-0.39, 0.29) is 6.04 Å². The molecule has 0 radical (unpaired) electrons. The Morgan fingerprint density at radius 2 is 1.89 bits per heavy atom. The van der Waals surface area contributed by atoms with Gasteiger partial charge in [-0.1, -0.05) is 37.5 Å². The van der Waals surface area contributed by atoms with Gasteiger partial charge in [0.05, 0.1) is 23.5 Å². The third-order valence-electron chi connectivity index (χ3n) is 6.56. The SMILES string of the molecule is N#Cc1ccc(Cn2cncc2CCN(C(=S)Nc2cccc(C(F)(F)F)c2)C2CCCCC2)cc1. The number of nitrogens with one attached hydrogen (secondary N) is 1. The van der Waals surface area contributed by atoms with E-state index in [0.29, 0.717) is 35.9 Å². The topological polar surface area (TPSA) is 56.9 Å². The molecule has 3 aromatic rings. The maximum Gasteiger partial charge on any atom is 0.416 e. The molecule has 1 aliphatic carbocycles. The Balaban J connectivity index is 1.46. The number of alkyl halides is 3. The first-order chi connectivity index (χ1) is 17.3. The number of imidazole rings is 1. The van der Waals surface area contributed by atoms with Crippen molar-refractivity contribution in [2.75, 3.05) is 11.9 Å². The van der Waals surface area contributed by atoms with Crippen LogP contribution in [0.3, 0.4) is 0 Å². The van der Waals surface area contributed by atoms with E-state index < -0.39 is 11.7 Å². The average Bonchev–Trinajstić information content (AvgIpc) is 3.31. The highest BCUT2D eigenvalue weighted by atomic mass is 32.1. The molecule has 1 fully saturated rings. The lowest BCUT2D eigenvalue weighted by Gasteiger charge is -2.36. The van der Waals surface area contributed by atoms with Crippen LogP contribution < -0.4 is 5.32 Å². The number of hydrogen-bond acceptors (Lipinski definition) is 3. The third kappa shape index (κ3) is 6.64. The van der Waals surface area contributed by atoms with Gasteiger partial charge in [-0.2, -0.15) is 18.4 Å². The Hall–Kier alpha value is -3.38. The summed E-state index contributed by atoms with van der Waals surface area (Å²) in [4.78, 5) is 6.46. The molecule has 4 rings (SSSR count). The van der Waals surface area contributed by atoms with E-state index >= 15 is 0 Å². The predicted molar refractivity (Wildman–Crippen MR) is 137 cm³/mol. The summed E-state index contributed by atoms with van der Waals surface area (Å²) < 4.78 is 41.6. The highest BCUT2D eigenvalue weighted by molar-refractivity contribution is 7.80. The smallest absolute Gasteiger partial charge is 0.346 e. The van der Waals surface area contributed by atoms with Gasteiger partial charge in [-0.05, 0) is 61.0 Å². The Morgan fingerprint density at radius 3 is 2.58 bits per heavy atom. The van der Waals surface area contributed by atoms with E-state index in [1.807, 2.05) is 18.3 Å². The highest BCUT2D eigenvalue weighted by Gasteiger charge is 2.31. The van der Waals surface area contributed by atoms with Gasteiger partial charge in [0.25, 0.3) is 0 Å². The number of thiocarbonyl (C=S) groups is 1. The number of anilines is 1. The Kier molecular flexibility index (Phi) is 8.26. The summed E-state index contributed by atoms with van der Waals surface area (Å²) in [6, 6.07) is 15.0. The molecule has 9 heteroatoms. The van der Waals surface area contributed by atoms with Gasteiger partial charge in [0.1, 0.15) is 0 Å². The van der Waals surface area contributed by atoms with Crippen molar-refractivity contribution in [2.24, 2.45) is 0 Å². The second kappa shape index (κ2) is 11.6. The first-order valence-electron chi connectivity index (χ1n) is 12.1. The Labute approximate surface area is 214 Å². The number of nitrogens with zero attached hydrogens (tertiary/aromatic N) is 4. The normalized spacial score (nSPS) is 14.3. The number of rotatable bonds is 7. The van der Waals surface area contributed by atoms with Gasteiger partial charge in [-0.25, -0.2) is 4.98 Å². The summed E-state index contributed by atoms with van der Waals surface area (Å²) in [5.74, 6) is 0. The molecule has 0 unspecified atom stereocenters. The van der Waals surface area contributed by atoms with Gasteiger partial charge >= 0.3 is 6.18 Å². The number of aromatic nitrogens is 2. The van der Waals surface area contributed by atoms with Gasteiger partial charge in [-0.15, -0.1) is 0 Å². The number of halogens is 3. The van der Waals surface area contributed by atoms with Crippen LogP contribution >= 0.6 is 12.2 Å². The first kappa shape index (κ1) is 25.7. The van der Waals surface area contributed by atoms with E-state index in [2.05, 4.69) is 25.8 Å². The standard InChI is InChI=1S/C27H28F3N5S/c28-27(29,30)22-5-4-6-23(15-22)33-26(36)35(24-7-2-1-3-8-24)14-13-25-17-32-19-34(25)18-21-11-9-20(16-31)10-12-21/h4-6,9-12,15,17,19,24H,1-3,7-8,13-14,18H2,(H,33,36). The van der Waals surface area contributed by atoms with Crippen molar-refractivity contribution in [3.05, 3.63) is 83.4 Å². The van der Waals surface area contributed by atoms with Crippen molar-refractivity contribution in [2.45, 2.75) is 57.3 Å². The minimum atomic E-state index is -4.41. The van der Waals surface area contributed by atoms with Crippen LogP contribution in [0.15, 0.2) is 61.1 Å². The summed E-state index contributed by atoms with van der Waals surface area (Å²) in [5.41, 5.74) is 2.36. The van der Waals surface area contributed by atoms with E-state index in [1.165, 1.54) is 12.5 Å². The molecule has 1 N–H and O–H groups in total. The fraction of sp³-hybridized carbons (Fsp3) is 0.370. The van der Waals surface area contributed by atoms with Crippen LogP contribution in [0.25, 0.3) is 0 Å². The van der Waals surface area contributed by atoms with E-state index in [9.17, 15) is 13.2 Å². The minimum absolute atomic E-state index is 0.249. The predicted octanol–water partition coefficient (Wildman–Crippen LogP) is 6.40. The molecule has 0 amide bonds. The number of nitriles is 1. The van der Waals surface area contributed by atoms with E-state index in [4.69, 9.17) is 17.5 Å². The number of hydrogen-bond donors (Lipinski definition) is 1. The number of benzene rings is 2. The fourth-order valence-electron chi connectivity index (χ4n) is 4.63. The molecule has 1 aliphatic rings. The van der Waals surface area contributed by atoms with Gasteiger partial charge < -0.3 is 14.8 Å². The molecular weight excluding hydrogens is 483 g/mol. The van der Waals surface area contributed by atoms with Crippen molar-refractivity contribution < 1.29 is 13.2 Å². The molecule has 0 bridgehead atoms. The zero-order chi connectivity index (χ0) is 25.5. The van der Waals surface area contributed by atoms with Crippen LogP contribution in [0, 0.1) is 11.3 Å². The average molecular weight is 512 g/mol. The van der Waals surface area contributed by atoms with Crippen molar-refractivity contribution in [3.63, 3.8) is 0 Å². The molecule has 2 aromatic carbocycles. The van der Waals surface area contributed by atoms with Crippen LogP contribution in [-0.4, -0.2) is 32.2 Å². The summed E-state index contributed by atoms with van der Waals surface area (Å²) in [5, 5.41) is 12.5. The van der Waals surface area contributed by atoms with Crippen molar-refractivity contribution >= 4 is 23.0 Å². The van der Waals surface area contributed by atoms with E-state index in [1.54, 1.807) is 24.5 Å². The molecule has 5 nitrogen and oxygen atoms in total. The molecular formula is C27H28F3N5S. The lowest BCUT2D eigenvalue weighted by atomic mass is 9.94. The van der Waals surface area contributed by atoms with Crippen LogP contribution in [0.4, 0.5) is 18.9 Å². The lowest BCUT2D eigenvalue weighted by Crippen LogP contribution is -2.45. The van der Waals surface area contributed by atoms with Gasteiger partial charge in [0, 0.05) is 43.1 Å². The summed E-state index contributed by atoms with van der Waals surface area (Å²) in [6.07, 6.45) is 5.35. The van der Waals surface area contributed by atoms with Crippen LogP contribution in [0.2, 0.25) is 0 Å². The van der Waals surface area contributed by atoms with Crippen LogP contribution in [0.5, 0.6) is 0 Å². The molecule has 0 saturated heterocycles. The molecule has 0 aliphatic heterocycles. The van der Waals surface area contributed by atoms with Gasteiger partial charge in [0.15, 0.2) is 5.11 Å². The maximum atomic E-state index is 13.2. The second-order valence-electron chi connectivity index (χ2n) is 9.07. The molecule has 0 atom stereocenters.